The minimum Gasteiger partial charge on any atom is -0.381 e. The Labute approximate surface area is 117 Å². The lowest BCUT2D eigenvalue weighted by molar-refractivity contribution is 1.15. The summed E-state index contributed by atoms with van der Waals surface area (Å²) >= 11 is 6.15. The molecule has 0 aliphatic rings. The smallest absolute Gasteiger partial charge is 0.0455 e. The Bertz CT molecular complexity index is 706. The van der Waals surface area contributed by atoms with Crippen molar-refractivity contribution in [1.82, 2.24) is 0 Å². The van der Waals surface area contributed by atoms with E-state index in [0.717, 1.165) is 22.8 Å². The van der Waals surface area contributed by atoms with Gasteiger partial charge in [-0.25, -0.2) is 0 Å². The largest absolute Gasteiger partial charge is 0.381 e. The SMILES string of the molecule is Clc1ccccc1CNc1ccc2ccccc2c1. The number of hydrogen-bond donors (Lipinski definition) is 1. The molecule has 0 fully saturated rings. The third-order valence-corrected chi connectivity index (χ3v) is 3.56. The van der Waals surface area contributed by atoms with Crippen molar-refractivity contribution in [3.8, 4) is 0 Å². The molecule has 0 spiro atoms. The monoisotopic (exact) mass is 267 g/mol. The average molecular weight is 268 g/mol. The molecule has 3 aromatic carbocycles. The third kappa shape index (κ3) is 2.72. The lowest BCUT2D eigenvalue weighted by Crippen LogP contribution is -1.99. The predicted molar refractivity (Wildman–Crippen MR) is 82.7 cm³/mol. The van der Waals surface area contributed by atoms with Crippen LogP contribution >= 0.6 is 11.6 Å². The first kappa shape index (κ1) is 12.1. The van der Waals surface area contributed by atoms with E-state index in [1.807, 2.05) is 24.3 Å². The van der Waals surface area contributed by atoms with Crippen LogP contribution in [0.4, 0.5) is 5.69 Å². The van der Waals surface area contributed by atoms with Crippen molar-refractivity contribution < 1.29 is 0 Å². The van der Waals surface area contributed by atoms with Gasteiger partial charge in [-0.1, -0.05) is 60.1 Å². The standard InChI is InChI=1S/C17H14ClN/c18-17-8-4-3-7-15(17)12-19-16-10-9-13-5-1-2-6-14(13)11-16/h1-11,19H,12H2. The first-order chi connectivity index (χ1) is 9.33. The predicted octanol–water partition coefficient (Wildman–Crippen LogP) is 5.11. The molecule has 2 heteroatoms. The summed E-state index contributed by atoms with van der Waals surface area (Å²) in [7, 11) is 0. The van der Waals surface area contributed by atoms with Crippen LogP contribution < -0.4 is 5.32 Å². The second-order valence-electron chi connectivity index (χ2n) is 4.51. The molecule has 0 heterocycles. The van der Waals surface area contributed by atoms with Gasteiger partial charge in [0.1, 0.15) is 0 Å². The number of anilines is 1. The summed E-state index contributed by atoms with van der Waals surface area (Å²) in [4.78, 5) is 0. The van der Waals surface area contributed by atoms with Crippen LogP contribution in [0, 0.1) is 0 Å². The molecule has 0 unspecified atom stereocenters. The molecule has 3 aromatic rings. The Kier molecular flexibility index (Phi) is 3.39. The van der Waals surface area contributed by atoms with Crippen molar-refractivity contribution >= 4 is 28.1 Å². The van der Waals surface area contributed by atoms with Gasteiger partial charge in [-0.05, 0) is 34.5 Å². The van der Waals surface area contributed by atoms with Crippen LogP contribution in [0.2, 0.25) is 5.02 Å². The van der Waals surface area contributed by atoms with E-state index in [-0.39, 0.29) is 0 Å². The zero-order chi connectivity index (χ0) is 13.1. The molecular formula is C17H14ClN. The molecule has 19 heavy (non-hydrogen) atoms. The average Bonchev–Trinajstić information content (AvgIpc) is 2.46. The maximum Gasteiger partial charge on any atom is 0.0455 e. The van der Waals surface area contributed by atoms with Gasteiger partial charge in [0.05, 0.1) is 0 Å². The Morgan fingerprint density at radius 2 is 1.53 bits per heavy atom. The molecule has 0 radical (unpaired) electrons. The second-order valence-corrected chi connectivity index (χ2v) is 4.91. The highest BCUT2D eigenvalue weighted by atomic mass is 35.5. The molecule has 0 bridgehead atoms. The molecule has 0 aliphatic heterocycles. The van der Waals surface area contributed by atoms with Gasteiger partial charge in [-0.2, -0.15) is 0 Å². The zero-order valence-corrected chi connectivity index (χ0v) is 11.2. The number of halogens is 1. The van der Waals surface area contributed by atoms with Gasteiger partial charge < -0.3 is 5.32 Å². The van der Waals surface area contributed by atoms with Gasteiger partial charge in [0.2, 0.25) is 0 Å². The minimum absolute atomic E-state index is 0.734. The Morgan fingerprint density at radius 3 is 2.37 bits per heavy atom. The van der Waals surface area contributed by atoms with Crippen molar-refractivity contribution in [2.45, 2.75) is 6.54 Å². The summed E-state index contributed by atoms with van der Waals surface area (Å²) in [5, 5.41) is 6.71. The van der Waals surface area contributed by atoms with Crippen molar-refractivity contribution in [2.24, 2.45) is 0 Å². The first-order valence-electron chi connectivity index (χ1n) is 6.29. The fraction of sp³-hybridized carbons (Fsp3) is 0.0588. The molecule has 0 amide bonds. The summed E-state index contributed by atoms with van der Waals surface area (Å²) in [6, 6.07) is 22.6. The quantitative estimate of drug-likeness (QED) is 0.696. The highest BCUT2D eigenvalue weighted by Gasteiger charge is 1.99. The van der Waals surface area contributed by atoms with Crippen LogP contribution in [-0.2, 0) is 6.54 Å². The van der Waals surface area contributed by atoms with E-state index in [1.54, 1.807) is 0 Å². The molecule has 0 saturated carbocycles. The summed E-state index contributed by atoms with van der Waals surface area (Å²) in [5.41, 5.74) is 2.22. The molecular weight excluding hydrogens is 254 g/mol. The van der Waals surface area contributed by atoms with Crippen molar-refractivity contribution in [3.63, 3.8) is 0 Å². The summed E-state index contributed by atoms with van der Waals surface area (Å²) in [6.45, 7) is 0.734. The Balaban J connectivity index is 1.80. The fourth-order valence-corrected chi connectivity index (χ4v) is 2.34. The Hall–Kier alpha value is -1.99. The minimum atomic E-state index is 0.734. The van der Waals surface area contributed by atoms with Crippen LogP contribution in [0.1, 0.15) is 5.56 Å². The molecule has 0 saturated heterocycles. The second kappa shape index (κ2) is 5.33. The van der Waals surface area contributed by atoms with E-state index >= 15 is 0 Å². The van der Waals surface area contributed by atoms with Crippen LogP contribution in [-0.4, -0.2) is 0 Å². The molecule has 3 rings (SSSR count). The van der Waals surface area contributed by atoms with Gasteiger partial charge in [0.25, 0.3) is 0 Å². The van der Waals surface area contributed by atoms with Crippen molar-refractivity contribution in [3.05, 3.63) is 77.3 Å². The number of rotatable bonds is 3. The summed E-state index contributed by atoms with van der Waals surface area (Å²) < 4.78 is 0. The maximum atomic E-state index is 6.15. The molecule has 0 atom stereocenters. The van der Waals surface area contributed by atoms with Gasteiger partial charge >= 0.3 is 0 Å². The van der Waals surface area contributed by atoms with Crippen molar-refractivity contribution in [2.75, 3.05) is 5.32 Å². The highest BCUT2D eigenvalue weighted by molar-refractivity contribution is 6.31. The molecule has 0 aliphatic carbocycles. The van der Waals surface area contributed by atoms with Gasteiger partial charge in [0.15, 0.2) is 0 Å². The molecule has 1 N–H and O–H groups in total. The van der Waals surface area contributed by atoms with Gasteiger partial charge in [-0.3, -0.25) is 0 Å². The van der Waals surface area contributed by atoms with Crippen LogP contribution in [0.15, 0.2) is 66.7 Å². The topological polar surface area (TPSA) is 12.0 Å². The number of fused-ring (bicyclic) bond motifs is 1. The third-order valence-electron chi connectivity index (χ3n) is 3.19. The first-order valence-corrected chi connectivity index (χ1v) is 6.67. The lowest BCUT2D eigenvalue weighted by Gasteiger charge is -2.09. The lowest BCUT2D eigenvalue weighted by atomic mass is 10.1. The van der Waals surface area contributed by atoms with Gasteiger partial charge in [-0.15, -0.1) is 0 Å². The van der Waals surface area contributed by atoms with E-state index in [9.17, 15) is 0 Å². The van der Waals surface area contributed by atoms with E-state index in [4.69, 9.17) is 11.6 Å². The van der Waals surface area contributed by atoms with E-state index in [2.05, 4.69) is 47.8 Å². The number of nitrogens with one attached hydrogen (secondary N) is 1. The maximum absolute atomic E-state index is 6.15. The molecule has 94 valence electrons. The fourth-order valence-electron chi connectivity index (χ4n) is 2.14. The van der Waals surface area contributed by atoms with Crippen LogP contribution in [0.5, 0.6) is 0 Å². The van der Waals surface area contributed by atoms with E-state index in [1.165, 1.54) is 10.8 Å². The van der Waals surface area contributed by atoms with Crippen molar-refractivity contribution in [1.29, 1.82) is 0 Å². The van der Waals surface area contributed by atoms with Gasteiger partial charge in [0, 0.05) is 17.3 Å². The van der Waals surface area contributed by atoms with E-state index in [0.29, 0.717) is 0 Å². The number of hydrogen-bond acceptors (Lipinski definition) is 1. The normalized spacial score (nSPS) is 10.6. The Morgan fingerprint density at radius 1 is 0.789 bits per heavy atom. The summed E-state index contributed by atoms with van der Waals surface area (Å²) in [5.74, 6) is 0. The van der Waals surface area contributed by atoms with E-state index < -0.39 is 0 Å². The van der Waals surface area contributed by atoms with Crippen LogP contribution in [0.3, 0.4) is 0 Å². The molecule has 0 aromatic heterocycles. The molecule has 1 nitrogen and oxygen atoms in total. The van der Waals surface area contributed by atoms with Crippen LogP contribution in [0.25, 0.3) is 10.8 Å². The number of benzene rings is 3. The highest BCUT2D eigenvalue weighted by Crippen LogP contribution is 2.21. The summed E-state index contributed by atoms with van der Waals surface area (Å²) in [6.07, 6.45) is 0. The zero-order valence-electron chi connectivity index (χ0n) is 10.4.